The molecule has 0 saturated carbocycles. The van der Waals surface area contributed by atoms with E-state index in [1.54, 1.807) is 12.4 Å². The number of anilines is 2. The molecule has 0 bridgehead atoms. The normalized spacial score (nSPS) is 17.2. The molecule has 1 amide bonds. The summed E-state index contributed by atoms with van der Waals surface area (Å²) < 4.78 is 5.66. The highest BCUT2D eigenvalue weighted by Gasteiger charge is 2.22. The molecule has 1 fully saturated rings. The maximum atomic E-state index is 12.7. The van der Waals surface area contributed by atoms with Gasteiger partial charge < -0.3 is 15.0 Å². The number of likely N-dealkylation sites (tertiary alicyclic amines) is 1. The number of hydrogen-bond acceptors (Lipinski definition) is 4. The molecule has 0 aliphatic carbocycles. The smallest absolute Gasteiger partial charge is 0.255 e. The molecule has 5 nitrogen and oxygen atoms in total. The molecule has 138 valence electrons. The zero-order chi connectivity index (χ0) is 18.5. The zero-order valence-corrected chi connectivity index (χ0v) is 15.7. The number of nitrogens with one attached hydrogen (secondary N) is 1. The van der Waals surface area contributed by atoms with Gasteiger partial charge in [0, 0.05) is 25.0 Å². The number of carbonyl (C=O) groups excluding carboxylic acids is 1. The number of rotatable bonds is 5. The average molecular weight is 353 g/mol. The highest BCUT2D eigenvalue weighted by atomic mass is 16.5. The van der Waals surface area contributed by atoms with E-state index in [9.17, 15) is 4.79 Å². The number of pyridine rings is 1. The van der Waals surface area contributed by atoms with Crippen LogP contribution in [0.2, 0.25) is 0 Å². The first-order valence-electron chi connectivity index (χ1n) is 9.29. The molecule has 1 aromatic heterocycles. The molecule has 2 heterocycles. The van der Waals surface area contributed by atoms with Gasteiger partial charge in [0.15, 0.2) is 0 Å². The van der Waals surface area contributed by atoms with E-state index in [0.717, 1.165) is 36.6 Å². The van der Waals surface area contributed by atoms with Crippen LogP contribution >= 0.6 is 0 Å². The lowest BCUT2D eigenvalue weighted by atomic mass is 10.00. The average Bonchev–Trinajstić information content (AvgIpc) is 2.62. The van der Waals surface area contributed by atoms with Crippen LogP contribution in [0.25, 0.3) is 0 Å². The summed E-state index contributed by atoms with van der Waals surface area (Å²) in [6.07, 6.45) is 5.79. The summed E-state index contributed by atoms with van der Waals surface area (Å²) in [5.74, 6) is 1.47. The lowest BCUT2D eigenvalue weighted by molar-refractivity contribution is 0.0682. The first-order chi connectivity index (χ1) is 12.5. The Balaban J connectivity index is 1.68. The molecule has 1 unspecified atom stereocenters. The number of benzene rings is 1. The SMILES string of the molecule is CC1CCCN(C(=O)c2cncc(Nc3ccc(OC(C)C)cc3)c2)C1. The zero-order valence-electron chi connectivity index (χ0n) is 15.7. The van der Waals surface area contributed by atoms with Crippen LogP contribution < -0.4 is 10.1 Å². The summed E-state index contributed by atoms with van der Waals surface area (Å²) >= 11 is 0. The number of ether oxygens (including phenoxy) is 1. The lowest BCUT2D eigenvalue weighted by Crippen LogP contribution is -2.39. The number of piperidine rings is 1. The van der Waals surface area contributed by atoms with Crippen molar-refractivity contribution in [2.75, 3.05) is 18.4 Å². The third-order valence-electron chi connectivity index (χ3n) is 4.44. The van der Waals surface area contributed by atoms with E-state index in [4.69, 9.17) is 4.74 Å². The van der Waals surface area contributed by atoms with E-state index >= 15 is 0 Å². The van der Waals surface area contributed by atoms with Gasteiger partial charge in [-0.05, 0) is 62.9 Å². The van der Waals surface area contributed by atoms with Gasteiger partial charge in [0.2, 0.25) is 0 Å². The van der Waals surface area contributed by atoms with Crippen molar-refractivity contribution in [3.05, 3.63) is 48.3 Å². The third-order valence-corrected chi connectivity index (χ3v) is 4.44. The maximum absolute atomic E-state index is 12.7. The van der Waals surface area contributed by atoms with Crippen LogP contribution in [0, 0.1) is 5.92 Å². The Morgan fingerprint density at radius 2 is 2.00 bits per heavy atom. The fourth-order valence-electron chi connectivity index (χ4n) is 3.24. The van der Waals surface area contributed by atoms with E-state index in [2.05, 4.69) is 17.2 Å². The summed E-state index contributed by atoms with van der Waals surface area (Å²) in [6.45, 7) is 7.86. The Kier molecular flexibility index (Phi) is 5.76. The maximum Gasteiger partial charge on any atom is 0.255 e. The standard InChI is InChI=1S/C21H27N3O2/c1-15(2)26-20-8-6-18(7-9-20)23-19-11-17(12-22-13-19)21(25)24-10-4-5-16(3)14-24/h6-9,11-13,15-16,23H,4-5,10,14H2,1-3H3. The largest absolute Gasteiger partial charge is 0.491 e. The number of carbonyl (C=O) groups is 1. The molecular formula is C21H27N3O2. The van der Waals surface area contributed by atoms with Crippen LogP contribution in [0.4, 0.5) is 11.4 Å². The summed E-state index contributed by atoms with van der Waals surface area (Å²) in [5, 5.41) is 3.30. The van der Waals surface area contributed by atoms with Gasteiger partial charge in [-0.3, -0.25) is 9.78 Å². The van der Waals surface area contributed by atoms with Gasteiger partial charge in [-0.1, -0.05) is 6.92 Å². The summed E-state index contributed by atoms with van der Waals surface area (Å²) in [7, 11) is 0. The van der Waals surface area contributed by atoms with Gasteiger partial charge >= 0.3 is 0 Å². The van der Waals surface area contributed by atoms with Gasteiger partial charge in [0.05, 0.1) is 23.6 Å². The second-order valence-corrected chi connectivity index (χ2v) is 7.28. The van der Waals surface area contributed by atoms with E-state index in [1.807, 2.05) is 49.1 Å². The van der Waals surface area contributed by atoms with Crippen molar-refractivity contribution in [3.8, 4) is 5.75 Å². The Labute approximate surface area is 155 Å². The van der Waals surface area contributed by atoms with Gasteiger partial charge in [-0.25, -0.2) is 0 Å². The Bertz CT molecular complexity index is 743. The number of nitrogens with zero attached hydrogens (tertiary/aromatic N) is 2. The monoisotopic (exact) mass is 353 g/mol. The number of hydrogen-bond donors (Lipinski definition) is 1. The molecule has 2 aromatic rings. The first kappa shape index (κ1) is 18.2. The van der Waals surface area contributed by atoms with Crippen molar-refractivity contribution in [3.63, 3.8) is 0 Å². The molecule has 1 aliphatic rings. The molecule has 1 saturated heterocycles. The van der Waals surface area contributed by atoms with E-state index in [-0.39, 0.29) is 12.0 Å². The minimum atomic E-state index is 0.0633. The highest BCUT2D eigenvalue weighted by molar-refractivity contribution is 5.95. The highest BCUT2D eigenvalue weighted by Crippen LogP contribution is 2.22. The summed E-state index contributed by atoms with van der Waals surface area (Å²) in [4.78, 5) is 18.9. The molecule has 26 heavy (non-hydrogen) atoms. The molecule has 5 heteroatoms. The molecule has 3 rings (SSSR count). The van der Waals surface area contributed by atoms with E-state index in [0.29, 0.717) is 11.5 Å². The van der Waals surface area contributed by atoms with Crippen LogP contribution in [0.3, 0.4) is 0 Å². The minimum Gasteiger partial charge on any atom is -0.491 e. The van der Waals surface area contributed by atoms with Crippen LogP contribution in [0.15, 0.2) is 42.7 Å². The van der Waals surface area contributed by atoms with Crippen molar-refractivity contribution in [2.24, 2.45) is 5.92 Å². The topological polar surface area (TPSA) is 54.5 Å². The quantitative estimate of drug-likeness (QED) is 0.861. The van der Waals surface area contributed by atoms with Crippen LogP contribution in [0.5, 0.6) is 5.75 Å². The third kappa shape index (κ3) is 4.75. The molecule has 0 spiro atoms. The van der Waals surface area contributed by atoms with Gasteiger partial charge in [0.1, 0.15) is 5.75 Å². The van der Waals surface area contributed by atoms with Gasteiger partial charge in [0.25, 0.3) is 5.91 Å². The Morgan fingerprint density at radius 3 is 2.69 bits per heavy atom. The number of amides is 1. The van der Waals surface area contributed by atoms with Crippen molar-refractivity contribution in [2.45, 2.75) is 39.7 Å². The fourth-order valence-corrected chi connectivity index (χ4v) is 3.24. The van der Waals surface area contributed by atoms with Crippen molar-refractivity contribution in [1.29, 1.82) is 0 Å². The first-order valence-corrected chi connectivity index (χ1v) is 9.29. The lowest BCUT2D eigenvalue weighted by Gasteiger charge is -2.31. The molecule has 0 radical (unpaired) electrons. The molecule has 1 atom stereocenters. The van der Waals surface area contributed by atoms with Gasteiger partial charge in [-0.15, -0.1) is 0 Å². The van der Waals surface area contributed by atoms with Crippen molar-refractivity contribution < 1.29 is 9.53 Å². The Morgan fingerprint density at radius 1 is 1.23 bits per heavy atom. The Hall–Kier alpha value is -2.56. The number of aromatic nitrogens is 1. The van der Waals surface area contributed by atoms with Crippen LogP contribution in [0.1, 0.15) is 44.0 Å². The molecule has 1 N–H and O–H groups in total. The van der Waals surface area contributed by atoms with Gasteiger partial charge in [-0.2, -0.15) is 0 Å². The minimum absolute atomic E-state index is 0.0633. The second kappa shape index (κ2) is 8.21. The van der Waals surface area contributed by atoms with Crippen molar-refractivity contribution in [1.82, 2.24) is 9.88 Å². The molecule has 1 aromatic carbocycles. The summed E-state index contributed by atoms with van der Waals surface area (Å²) in [6, 6.07) is 9.64. The summed E-state index contributed by atoms with van der Waals surface area (Å²) in [5.41, 5.74) is 2.36. The second-order valence-electron chi connectivity index (χ2n) is 7.28. The predicted octanol–water partition coefficient (Wildman–Crippen LogP) is 4.48. The molecular weight excluding hydrogens is 326 g/mol. The van der Waals surface area contributed by atoms with Crippen LogP contribution in [-0.4, -0.2) is 35.0 Å². The fraction of sp³-hybridized carbons (Fsp3) is 0.429. The predicted molar refractivity (Wildman–Crippen MR) is 104 cm³/mol. The van der Waals surface area contributed by atoms with Crippen LogP contribution in [-0.2, 0) is 0 Å². The van der Waals surface area contributed by atoms with E-state index < -0.39 is 0 Å². The van der Waals surface area contributed by atoms with E-state index in [1.165, 1.54) is 6.42 Å². The molecule has 1 aliphatic heterocycles. The van der Waals surface area contributed by atoms with Crippen molar-refractivity contribution >= 4 is 17.3 Å².